The maximum Gasteiger partial charge on any atom is 0.293 e. The predicted molar refractivity (Wildman–Crippen MR) is 93.9 cm³/mol. The van der Waals surface area contributed by atoms with Crippen LogP contribution in [0.5, 0.6) is 5.75 Å². The highest BCUT2D eigenvalue weighted by Crippen LogP contribution is 2.17. The van der Waals surface area contributed by atoms with Crippen LogP contribution in [0.1, 0.15) is 11.1 Å². The van der Waals surface area contributed by atoms with Crippen molar-refractivity contribution < 1.29 is 4.74 Å². The SMILES string of the molecule is O=c1cn[nH]c(=S)n1/N=C/c1ccccc1OCc1ccccc1. The minimum Gasteiger partial charge on any atom is -0.488 e. The lowest BCUT2D eigenvalue weighted by atomic mass is 10.2. The molecule has 7 heteroatoms. The summed E-state index contributed by atoms with van der Waals surface area (Å²) in [4.78, 5) is 11.7. The first-order chi connectivity index (χ1) is 11.7. The van der Waals surface area contributed by atoms with E-state index in [0.29, 0.717) is 12.4 Å². The van der Waals surface area contributed by atoms with Gasteiger partial charge in [0.25, 0.3) is 5.56 Å². The van der Waals surface area contributed by atoms with Gasteiger partial charge in [0.1, 0.15) is 18.6 Å². The lowest BCUT2D eigenvalue weighted by Gasteiger charge is -2.09. The van der Waals surface area contributed by atoms with Crippen molar-refractivity contribution >= 4 is 18.4 Å². The van der Waals surface area contributed by atoms with Crippen LogP contribution < -0.4 is 10.3 Å². The minimum absolute atomic E-state index is 0.126. The maximum atomic E-state index is 11.7. The summed E-state index contributed by atoms with van der Waals surface area (Å²) < 4.78 is 7.04. The molecule has 0 atom stereocenters. The van der Waals surface area contributed by atoms with E-state index in [4.69, 9.17) is 17.0 Å². The number of rotatable bonds is 5. The number of benzene rings is 2. The highest BCUT2D eigenvalue weighted by molar-refractivity contribution is 7.71. The van der Waals surface area contributed by atoms with E-state index in [1.807, 2.05) is 54.6 Å². The molecule has 0 bridgehead atoms. The first kappa shape index (κ1) is 15.8. The molecule has 0 aliphatic rings. The van der Waals surface area contributed by atoms with Gasteiger partial charge in [-0.15, -0.1) is 0 Å². The highest BCUT2D eigenvalue weighted by Gasteiger charge is 2.02. The monoisotopic (exact) mass is 338 g/mol. The van der Waals surface area contributed by atoms with Gasteiger partial charge < -0.3 is 4.74 Å². The number of aromatic nitrogens is 3. The van der Waals surface area contributed by atoms with Crippen LogP contribution in [0.4, 0.5) is 0 Å². The fourth-order valence-electron chi connectivity index (χ4n) is 2.03. The zero-order valence-electron chi connectivity index (χ0n) is 12.6. The van der Waals surface area contributed by atoms with Crippen LogP contribution in [0.2, 0.25) is 0 Å². The average Bonchev–Trinajstić information content (AvgIpc) is 2.61. The molecule has 1 N–H and O–H groups in total. The molecule has 0 aliphatic carbocycles. The van der Waals surface area contributed by atoms with Crippen molar-refractivity contribution in [2.75, 3.05) is 0 Å². The standard InChI is InChI=1S/C17H14N4O2S/c22-16-11-18-20-17(24)21(16)19-10-14-8-4-5-9-15(14)23-12-13-6-2-1-3-7-13/h1-11H,12H2,(H,20,24)/b19-10+. The number of H-pyrrole nitrogens is 1. The molecule has 24 heavy (non-hydrogen) atoms. The molecule has 0 spiro atoms. The summed E-state index contributed by atoms with van der Waals surface area (Å²) in [5, 5.41) is 10.3. The van der Waals surface area contributed by atoms with E-state index in [-0.39, 0.29) is 4.77 Å². The second-order valence-electron chi connectivity index (χ2n) is 4.88. The third-order valence-electron chi connectivity index (χ3n) is 3.20. The Labute approximate surface area is 143 Å². The number of nitrogens with one attached hydrogen (secondary N) is 1. The molecule has 0 fully saturated rings. The molecule has 0 amide bonds. The highest BCUT2D eigenvalue weighted by atomic mass is 32.1. The molecule has 0 unspecified atom stereocenters. The van der Waals surface area contributed by atoms with Crippen molar-refractivity contribution in [3.05, 3.63) is 87.0 Å². The predicted octanol–water partition coefficient (Wildman–Crippen LogP) is 2.76. The van der Waals surface area contributed by atoms with E-state index in [0.717, 1.165) is 22.0 Å². The average molecular weight is 338 g/mol. The van der Waals surface area contributed by atoms with Crippen molar-refractivity contribution in [3.8, 4) is 5.75 Å². The Balaban J connectivity index is 1.83. The van der Waals surface area contributed by atoms with Gasteiger partial charge in [0, 0.05) is 5.56 Å². The molecule has 0 radical (unpaired) electrons. The third kappa shape index (κ3) is 3.82. The molecule has 2 aromatic carbocycles. The van der Waals surface area contributed by atoms with Crippen LogP contribution in [0, 0.1) is 4.77 Å². The normalized spacial score (nSPS) is 10.8. The Morgan fingerprint density at radius 1 is 1.17 bits per heavy atom. The molecule has 1 heterocycles. The molecule has 6 nitrogen and oxygen atoms in total. The molecule has 120 valence electrons. The van der Waals surface area contributed by atoms with Crippen molar-refractivity contribution in [2.45, 2.75) is 6.61 Å². The van der Waals surface area contributed by atoms with Gasteiger partial charge in [-0.05, 0) is 29.9 Å². The Bertz CT molecular complexity index is 936. The zero-order valence-corrected chi connectivity index (χ0v) is 13.4. The largest absolute Gasteiger partial charge is 0.488 e. The smallest absolute Gasteiger partial charge is 0.293 e. The van der Waals surface area contributed by atoms with E-state index < -0.39 is 5.56 Å². The molecular formula is C17H14N4O2S. The fourth-order valence-corrected chi connectivity index (χ4v) is 2.22. The Kier molecular flexibility index (Phi) is 4.93. The van der Waals surface area contributed by atoms with Crippen LogP contribution in [0.15, 0.2) is 70.7 Å². The van der Waals surface area contributed by atoms with Crippen molar-refractivity contribution in [3.63, 3.8) is 0 Å². The number of aromatic amines is 1. The Hall–Kier alpha value is -3.06. The summed E-state index contributed by atoms with van der Waals surface area (Å²) in [5.74, 6) is 0.669. The Morgan fingerprint density at radius 2 is 1.92 bits per heavy atom. The molecule has 0 saturated carbocycles. The van der Waals surface area contributed by atoms with E-state index in [1.165, 1.54) is 6.21 Å². The first-order valence-corrected chi connectivity index (χ1v) is 7.62. The minimum atomic E-state index is -0.405. The number of ether oxygens (including phenoxy) is 1. The van der Waals surface area contributed by atoms with Gasteiger partial charge in [-0.25, -0.2) is 0 Å². The van der Waals surface area contributed by atoms with Gasteiger partial charge in [0.2, 0.25) is 4.77 Å². The lowest BCUT2D eigenvalue weighted by Crippen LogP contribution is -2.18. The van der Waals surface area contributed by atoms with Gasteiger partial charge in [0.05, 0.1) is 6.21 Å². The van der Waals surface area contributed by atoms with E-state index in [2.05, 4.69) is 15.3 Å². The number of hydrogen-bond donors (Lipinski definition) is 1. The zero-order chi connectivity index (χ0) is 16.8. The van der Waals surface area contributed by atoms with E-state index in [9.17, 15) is 4.79 Å². The number of hydrogen-bond acceptors (Lipinski definition) is 5. The summed E-state index contributed by atoms with van der Waals surface area (Å²) in [5.41, 5.74) is 1.40. The molecule has 0 saturated heterocycles. The Morgan fingerprint density at radius 3 is 2.71 bits per heavy atom. The van der Waals surface area contributed by atoms with Crippen LogP contribution in [-0.2, 0) is 6.61 Å². The molecule has 3 aromatic rings. The van der Waals surface area contributed by atoms with Crippen molar-refractivity contribution in [1.29, 1.82) is 0 Å². The van der Waals surface area contributed by atoms with E-state index >= 15 is 0 Å². The van der Waals surface area contributed by atoms with Crippen LogP contribution in [0.25, 0.3) is 0 Å². The van der Waals surface area contributed by atoms with Crippen LogP contribution >= 0.6 is 12.2 Å². The summed E-state index contributed by atoms with van der Waals surface area (Å²) in [7, 11) is 0. The van der Waals surface area contributed by atoms with Crippen LogP contribution in [0.3, 0.4) is 0 Å². The van der Waals surface area contributed by atoms with Crippen molar-refractivity contribution in [1.82, 2.24) is 14.9 Å². The topological polar surface area (TPSA) is 72.3 Å². The summed E-state index contributed by atoms with van der Waals surface area (Å²) >= 11 is 5.00. The van der Waals surface area contributed by atoms with Gasteiger partial charge in [-0.3, -0.25) is 9.89 Å². The van der Waals surface area contributed by atoms with Gasteiger partial charge in [0.15, 0.2) is 0 Å². The number of nitrogens with zero attached hydrogens (tertiary/aromatic N) is 3. The van der Waals surface area contributed by atoms with Gasteiger partial charge in [-0.1, -0.05) is 42.5 Å². The van der Waals surface area contributed by atoms with Gasteiger partial charge in [-0.2, -0.15) is 14.9 Å². The fraction of sp³-hybridized carbons (Fsp3) is 0.0588. The maximum absolute atomic E-state index is 11.7. The quantitative estimate of drug-likeness (QED) is 0.573. The van der Waals surface area contributed by atoms with Crippen LogP contribution in [-0.4, -0.2) is 21.1 Å². The first-order valence-electron chi connectivity index (χ1n) is 7.21. The third-order valence-corrected chi connectivity index (χ3v) is 3.47. The molecule has 0 aliphatic heterocycles. The summed E-state index contributed by atoms with van der Waals surface area (Å²) in [6.45, 7) is 0.445. The summed E-state index contributed by atoms with van der Waals surface area (Å²) in [6, 6.07) is 17.3. The second kappa shape index (κ2) is 7.47. The second-order valence-corrected chi connectivity index (χ2v) is 5.27. The van der Waals surface area contributed by atoms with Crippen molar-refractivity contribution in [2.24, 2.45) is 5.10 Å². The van der Waals surface area contributed by atoms with E-state index in [1.54, 1.807) is 0 Å². The molecule has 1 aromatic heterocycles. The van der Waals surface area contributed by atoms with Gasteiger partial charge >= 0.3 is 0 Å². The number of para-hydroxylation sites is 1. The molecule has 3 rings (SSSR count). The summed E-state index contributed by atoms with van der Waals surface area (Å²) in [6.07, 6.45) is 2.65. The lowest BCUT2D eigenvalue weighted by molar-refractivity contribution is 0.306. The molecular weight excluding hydrogens is 324 g/mol.